The number of hydrogen-bond donors (Lipinski definition) is 0. The maximum Gasteiger partial charge on any atom is 0.235 e. The molecule has 0 aromatic carbocycles. The Bertz CT molecular complexity index is 332. The van der Waals surface area contributed by atoms with Crippen molar-refractivity contribution in [1.29, 1.82) is 0 Å². The van der Waals surface area contributed by atoms with Crippen LogP contribution < -0.4 is 4.74 Å². The van der Waals surface area contributed by atoms with E-state index in [0.717, 1.165) is 0 Å². The zero-order chi connectivity index (χ0) is 9.68. The molecule has 0 bridgehead atoms. The molecule has 68 valence electrons. The van der Waals surface area contributed by atoms with Gasteiger partial charge in [0.1, 0.15) is 17.5 Å². The lowest BCUT2D eigenvalue weighted by Gasteiger charge is -2.08. The third kappa shape index (κ3) is 2.13. The van der Waals surface area contributed by atoms with E-state index in [1.54, 1.807) is 32.4 Å². The van der Waals surface area contributed by atoms with Crippen molar-refractivity contribution in [3.05, 3.63) is 24.0 Å². The normalized spacial score (nSPS) is 11.5. The summed E-state index contributed by atoms with van der Waals surface area (Å²) in [7, 11) is 1.55. The summed E-state index contributed by atoms with van der Waals surface area (Å²) >= 11 is 0. The standard InChI is InChI=1S/C9H10N2O2/c1-7(11-6-12)9-8(13-2)4-3-5-10-9/h3-5,7H,1-2H3. The van der Waals surface area contributed by atoms with Crippen LogP contribution in [0.4, 0.5) is 0 Å². The summed E-state index contributed by atoms with van der Waals surface area (Å²) in [6.07, 6.45) is 3.13. The molecule has 0 fully saturated rings. The summed E-state index contributed by atoms with van der Waals surface area (Å²) in [6, 6.07) is 3.23. The quantitative estimate of drug-likeness (QED) is 0.520. The lowest BCUT2D eigenvalue weighted by Crippen LogP contribution is -1.97. The maximum absolute atomic E-state index is 10.0. The highest BCUT2D eigenvalue weighted by Gasteiger charge is 2.10. The minimum Gasteiger partial charge on any atom is -0.495 e. The van der Waals surface area contributed by atoms with Crippen molar-refractivity contribution < 1.29 is 9.53 Å². The first-order valence-electron chi connectivity index (χ1n) is 3.85. The number of nitrogens with zero attached hydrogens (tertiary/aromatic N) is 2. The average Bonchev–Trinajstić information content (AvgIpc) is 2.18. The van der Waals surface area contributed by atoms with Crippen LogP contribution in [0.2, 0.25) is 0 Å². The van der Waals surface area contributed by atoms with Crippen LogP contribution in [0, 0.1) is 0 Å². The number of isocyanates is 1. The fraction of sp³-hybridized carbons (Fsp3) is 0.333. The molecule has 0 saturated carbocycles. The Morgan fingerprint density at radius 1 is 1.69 bits per heavy atom. The van der Waals surface area contributed by atoms with E-state index in [9.17, 15) is 4.79 Å². The van der Waals surface area contributed by atoms with Crippen LogP contribution in [-0.4, -0.2) is 18.2 Å². The Labute approximate surface area is 76.3 Å². The molecular weight excluding hydrogens is 168 g/mol. The molecule has 1 aromatic rings. The van der Waals surface area contributed by atoms with Gasteiger partial charge in [0, 0.05) is 6.20 Å². The van der Waals surface area contributed by atoms with Gasteiger partial charge in [-0.15, -0.1) is 0 Å². The molecule has 13 heavy (non-hydrogen) atoms. The van der Waals surface area contributed by atoms with Crippen LogP contribution in [0.3, 0.4) is 0 Å². The first kappa shape index (κ1) is 9.42. The van der Waals surface area contributed by atoms with E-state index in [-0.39, 0.29) is 6.04 Å². The second kappa shape index (κ2) is 4.38. The summed E-state index contributed by atoms with van der Waals surface area (Å²) in [5.74, 6) is 0.633. The molecule has 1 aromatic heterocycles. The van der Waals surface area contributed by atoms with Crippen LogP contribution >= 0.6 is 0 Å². The predicted molar refractivity (Wildman–Crippen MR) is 47.3 cm³/mol. The number of methoxy groups -OCH3 is 1. The number of pyridine rings is 1. The van der Waals surface area contributed by atoms with Crippen molar-refractivity contribution in [2.24, 2.45) is 4.99 Å². The monoisotopic (exact) mass is 178 g/mol. The Morgan fingerprint density at radius 2 is 2.46 bits per heavy atom. The molecule has 0 radical (unpaired) electrons. The molecule has 0 spiro atoms. The molecule has 1 heterocycles. The second-order valence-electron chi connectivity index (χ2n) is 2.49. The van der Waals surface area contributed by atoms with Crippen molar-refractivity contribution >= 4 is 6.08 Å². The molecule has 0 N–H and O–H groups in total. The van der Waals surface area contributed by atoms with Crippen LogP contribution in [0.5, 0.6) is 5.75 Å². The molecule has 1 rings (SSSR count). The molecule has 4 heteroatoms. The van der Waals surface area contributed by atoms with E-state index in [4.69, 9.17) is 4.74 Å². The number of aliphatic imine (C=N–C) groups is 1. The lowest BCUT2D eigenvalue weighted by atomic mass is 10.2. The Hall–Kier alpha value is -1.67. The third-order valence-corrected chi connectivity index (χ3v) is 1.66. The van der Waals surface area contributed by atoms with Crippen molar-refractivity contribution in [2.75, 3.05) is 7.11 Å². The number of ether oxygens (including phenoxy) is 1. The van der Waals surface area contributed by atoms with Gasteiger partial charge in [-0.1, -0.05) is 0 Å². The Balaban J connectivity index is 3.04. The molecule has 4 nitrogen and oxygen atoms in total. The van der Waals surface area contributed by atoms with E-state index in [1.807, 2.05) is 0 Å². The molecule has 0 aliphatic rings. The van der Waals surface area contributed by atoms with Crippen LogP contribution in [0.15, 0.2) is 23.3 Å². The topological polar surface area (TPSA) is 51.6 Å². The lowest BCUT2D eigenvalue weighted by molar-refractivity contribution is 0.403. The zero-order valence-electron chi connectivity index (χ0n) is 7.52. The van der Waals surface area contributed by atoms with Crippen molar-refractivity contribution in [1.82, 2.24) is 4.98 Å². The van der Waals surface area contributed by atoms with E-state index in [0.29, 0.717) is 11.4 Å². The zero-order valence-corrected chi connectivity index (χ0v) is 7.52. The van der Waals surface area contributed by atoms with Crippen LogP contribution in [-0.2, 0) is 4.79 Å². The molecular formula is C9H10N2O2. The van der Waals surface area contributed by atoms with Gasteiger partial charge in [0.25, 0.3) is 0 Å². The van der Waals surface area contributed by atoms with E-state index in [1.165, 1.54) is 6.08 Å². The van der Waals surface area contributed by atoms with Gasteiger partial charge in [-0.25, -0.2) is 4.79 Å². The van der Waals surface area contributed by atoms with Crippen molar-refractivity contribution in [2.45, 2.75) is 13.0 Å². The molecule has 0 amide bonds. The first-order valence-corrected chi connectivity index (χ1v) is 3.85. The van der Waals surface area contributed by atoms with Crippen LogP contribution in [0.25, 0.3) is 0 Å². The fourth-order valence-electron chi connectivity index (χ4n) is 1.03. The van der Waals surface area contributed by atoms with Gasteiger partial charge in [0.2, 0.25) is 6.08 Å². The number of hydrogen-bond acceptors (Lipinski definition) is 4. The highest BCUT2D eigenvalue weighted by atomic mass is 16.5. The van der Waals surface area contributed by atoms with Gasteiger partial charge in [-0.05, 0) is 19.1 Å². The first-order chi connectivity index (χ1) is 6.29. The number of aromatic nitrogens is 1. The van der Waals surface area contributed by atoms with E-state index in [2.05, 4.69) is 9.98 Å². The number of rotatable bonds is 3. The molecule has 0 aliphatic carbocycles. The third-order valence-electron chi connectivity index (χ3n) is 1.66. The van der Waals surface area contributed by atoms with Gasteiger partial charge in [-0.3, -0.25) is 4.98 Å². The Morgan fingerprint density at radius 3 is 3.08 bits per heavy atom. The van der Waals surface area contributed by atoms with Gasteiger partial charge in [0.15, 0.2) is 0 Å². The minimum absolute atomic E-state index is 0.311. The Kier molecular flexibility index (Phi) is 3.17. The van der Waals surface area contributed by atoms with E-state index >= 15 is 0 Å². The summed E-state index contributed by atoms with van der Waals surface area (Å²) in [5, 5.41) is 0. The van der Waals surface area contributed by atoms with Gasteiger partial charge < -0.3 is 4.74 Å². The summed E-state index contributed by atoms with van der Waals surface area (Å²) in [6.45, 7) is 1.76. The molecule has 1 atom stereocenters. The molecule has 1 unspecified atom stereocenters. The van der Waals surface area contributed by atoms with Gasteiger partial charge in [-0.2, -0.15) is 4.99 Å². The van der Waals surface area contributed by atoms with Crippen molar-refractivity contribution in [3.8, 4) is 5.75 Å². The highest BCUT2D eigenvalue weighted by Crippen LogP contribution is 2.23. The second-order valence-corrected chi connectivity index (χ2v) is 2.49. The van der Waals surface area contributed by atoms with Gasteiger partial charge >= 0.3 is 0 Å². The molecule has 0 saturated heterocycles. The molecule has 0 aliphatic heterocycles. The smallest absolute Gasteiger partial charge is 0.235 e. The van der Waals surface area contributed by atoms with Crippen LogP contribution in [0.1, 0.15) is 18.7 Å². The summed E-state index contributed by atoms with van der Waals surface area (Å²) in [5.41, 5.74) is 0.647. The van der Waals surface area contributed by atoms with Gasteiger partial charge in [0.05, 0.1) is 7.11 Å². The predicted octanol–water partition coefficient (Wildman–Crippen LogP) is 1.49. The number of carbonyl (C=O) groups excluding carboxylic acids is 1. The largest absolute Gasteiger partial charge is 0.495 e. The average molecular weight is 178 g/mol. The maximum atomic E-state index is 10.0. The van der Waals surface area contributed by atoms with Crippen molar-refractivity contribution in [3.63, 3.8) is 0 Å². The fourth-order valence-corrected chi connectivity index (χ4v) is 1.03. The SMILES string of the molecule is COc1cccnc1C(C)N=C=O. The highest BCUT2D eigenvalue weighted by molar-refractivity contribution is 5.37. The van der Waals surface area contributed by atoms with E-state index < -0.39 is 0 Å². The minimum atomic E-state index is -0.311. The summed E-state index contributed by atoms with van der Waals surface area (Å²) in [4.78, 5) is 17.7. The summed E-state index contributed by atoms with van der Waals surface area (Å²) < 4.78 is 5.06.